The minimum absolute atomic E-state index is 0.0441. The number of nitrogens with zero attached hydrogens (tertiary/aromatic N) is 2. The van der Waals surface area contributed by atoms with Crippen molar-refractivity contribution in [3.05, 3.63) is 139 Å². The Kier molecular flexibility index (Phi) is 4.31. The molecule has 0 saturated heterocycles. The van der Waals surface area contributed by atoms with Crippen molar-refractivity contribution >= 4 is 98.9 Å². The highest BCUT2D eigenvalue weighted by atomic mass is 32.1. The third-order valence-corrected chi connectivity index (χ3v) is 12.7. The van der Waals surface area contributed by atoms with Gasteiger partial charge in [-0.3, -0.25) is 0 Å². The second-order valence-corrected chi connectivity index (χ2v) is 15.1. The lowest BCUT2D eigenvalue weighted by atomic mass is 9.44. The molecule has 0 fully saturated rings. The van der Waals surface area contributed by atoms with Crippen molar-refractivity contribution in [2.75, 3.05) is 4.90 Å². The Morgan fingerprint density at radius 1 is 0.596 bits per heavy atom. The molecule has 4 heteroatoms. The Balaban J connectivity index is 1.37. The maximum absolute atomic E-state index is 2.73. The Morgan fingerprint density at radius 2 is 1.34 bits per heavy atom. The number of anilines is 3. The van der Waals surface area contributed by atoms with E-state index < -0.39 is 0 Å². The lowest BCUT2D eigenvalue weighted by molar-refractivity contribution is 0.632. The van der Waals surface area contributed by atoms with Crippen LogP contribution in [0.1, 0.15) is 25.0 Å². The highest BCUT2D eigenvalue weighted by Gasteiger charge is 2.48. The topological polar surface area (TPSA) is 8.17 Å². The summed E-state index contributed by atoms with van der Waals surface area (Å²) in [4.78, 5) is 2.63. The number of aromatic nitrogens is 1. The van der Waals surface area contributed by atoms with Crippen molar-refractivity contribution < 1.29 is 0 Å². The molecule has 0 amide bonds. The van der Waals surface area contributed by atoms with Gasteiger partial charge in [0.2, 0.25) is 0 Å². The molecule has 3 aliphatic heterocycles. The van der Waals surface area contributed by atoms with Crippen molar-refractivity contribution in [2.24, 2.45) is 0 Å². The van der Waals surface area contributed by atoms with E-state index in [1.807, 2.05) is 11.3 Å². The molecular weight excluding hydrogens is 587 g/mol. The first-order chi connectivity index (χ1) is 23.1. The second-order valence-electron chi connectivity index (χ2n) is 14.0. The lowest BCUT2D eigenvalue weighted by Crippen LogP contribution is -2.58. The van der Waals surface area contributed by atoms with Gasteiger partial charge in [-0.2, -0.15) is 0 Å². The fourth-order valence-corrected chi connectivity index (χ4v) is 10.8. The normalized spacial score (nSPS) is 15.1. The zero-order chi connectivity index (χ0) is 30.8. The first kappa shape index (κ1) is 24.9. The van der Waals surface area contributed by atoms with Gasteiger partial charge >= 0.3 is 6.85 Å². The predicted octanol–water partition coefficient (Wildman–Crippen LogP) is 10.4. The van der Waals surface area contributed by atoms with Gasteiger partial charge in [-0.1, -0.05) is 123 Å². The number of fused-ring (bicyclic) bond motifs is 15. The van der Waals surface area contributed by atoms with Crippen LogP contribution in [-0.4, -0.2) is 11.3 Å². The molecule has 0 atom stereocenters. The Bertz CT molecular complexity index is 2910. The Morgan fingerprint density at radius 3 is 2.28 bits per heavy atom. The van der Waals surface area contributed by atoms with E-state index >= 15 is 0 Å². The van der Waals surface area contributed by atoms with Crippen LogP contribution in [0.25, 0.3) is 63.9 Å². The van der Waals surface area contributed by atoms with Gasteiger partial charge < -0.3 is 9.38 Å². The van der Waals surface area contributed by atoms with Crippen molar-refractivity contribution in [3.63, 3.8) is 0 Å². The number of benzene rings is 7. The molecule has 47 heavy (non-hydrogen) atoms. The molecule has 0 radical (unpaired) electrons. The second kappa shape index (κ2) is 8.15. The summed E-state index contributed by atoms with van der Waals surface area (Å²) in [6, 6.07) is 48.3. The van der Waals surface area contributed by atoms with Crippen molar-refractivity contribution in [1.29, 1.82) is 0 Å². The van der Waals surface area contributed by atoms with Crippen LogP contribution in [0.5, 0.6) is 0 Å². The summed E-state index contributed by atoms with van der Waals surface area (Å²) < 4.78 is 5.47. The number of hydrogen-bond acceptors (Lipinski definition) is 2. The van der Waals surface area contributed by atoms with E-state index in [1.165, 1.54) is 103 Å². The fraction of sp³-hybridized carbons (Fsp3) is 0.0698. The third kappa shape index (κ3) is 2.75. The molecule has 5 heterocycles. The molecule has 7 aromatic carbocycles. The van der Waals surface area contributed by atoms with Gasteiger partial charge in [0.05, 0.1) is 5.69 Å². The van der Waals surface area contributed by atoms with Crippen LogP contribution in [-0.2, 0) is 5.41 Å². The smallest absolute Gasteiger partial charge is 0.333 e. The molecule has 0 N–H and O–H groups in total. The molecule has 2 nitrogen and oxygen atoms in total. The Labute approximate surface area is 276 Å². The highest BCUT2D eigenvalue weighted by molar-refractivity contribution is 7.26. The monoisotopic (exact) mass is 614 g/mol. The largest absolute Gasteiger partial charge is 0.375 e. The quantitative estimate of drug-likeness (QED) is 0.154. The van der Waals surface area contributed by atoms with Crippen LogP contribution >= 0.6 is 11.3 Å². The standard InChI is InChI=1S/C43H27BN2S/c1-43(2)31-16-6-7-19-34(31)45-35-23-30-26-13-5-8-20-36(26)47-42(30)37-29-15-9-14-27-28-22-21-24-11-3-4-12-25(24)39(28)46(40(27)29)44(38(35)37)33-18-10-17-32(43)41(33)45/h3-23H,1-2H3. The molecule has 0 spiro atoms. The minimum atomic E-state index is -0.134. The predicted molar refractivity (Wildman–Crippen MR) is 203 cm³/mol. The van der Waals surface area contributed by atoms with Crippen LogP contribution in [0.4, 0.5) is 17.1 Å². The molecule has 0 bridgehead atoms. The highest BCUT2D eigenvalue weighted by Crippen LogP contribution is 2.56. The molecule has 3 aliphatic rings. The van der Waals surface area contributed by atoms with Gasteiger partial charge in [0.25, 0.3) is 0 Å². The van der Waals surface area contributed by atoms with Crippen LogP contribution in [0.3, 0.4) is 0 Å². The molecule has 0 unspecified atom stereocenters. The fourth-order valence-electron chi connectivity index (χ4n) is 9.59. The third-order valence-electron chi connectivity index (χ3n) is 11.5. The molecular formula is C43H27BN2S. The SMILES string of the molecule is CC1(C)c2ccccc2N2c3cc4c(sc5ccccc54)c4c3B(c3cccc1c32)n1c2c-4cccc2c2ccc3ccccc3c21. The zero-order valence-electron chi connectivity index (χ0n) is 26.0. The number of rotatable bonds is 0. The van der Waals surface area contributed by atoms with E-state index in [0.717, 1.165) is 0 Å². The van der Waals surface area contributed by atoms with Crippen LogP contribution < -0.4 is 15.8 Å². The first-order valence-electron chi connectivity index (χ1n) is 16.6. The molecule has 9 aromatic rings. The lowest BCUT2D eigenvalue weighted by Gasteiger charge is -2.48. The van der Waals surface area contributed by atoms with Crippen LogP contribution in [0.2, 0.25) is 0 Å². The van der Waals surface area contributed by atoms with Crippen molar-refractivity contribution in [1.82, 2.24) is 4.48 Å². The van der Waals surface area contributed by atoms with Crippen LogP contribution in [0, 0.1) is 0 Å². The summed E-state index contributed by atoms with van der Waals surface area (Å²) in [6.07, 6.45) is 0. The van der Waals surface area contributed by atoms with Crippen molar-refractivity contribution in [2.45, 2.75) is 19.3 Å². The number of thiophene rings is 1. The van der Waals surface area contributed by atoms with Gasteiger partial charge in [0.15, 0.2) is 0 Å². The maximum atomic E-state index is 2.73. The average Bonchev–Trinajstić information content (AvgIpc) is 3.65. The summed E-state index contributed by atoms with van der Waals surface area (Å²) in [5.74, 6) is 0. The Hall–Kier alpha value is -5.32. The number of hydrogen-bond donors (Lipinski definition) is 0. The molecule has 218 valence electrons. The van der Waals surface area contributed by atoms with E-state index in [2.05, 4.69) is 151 Å². The van der Waals surface area contributed by atoms with Crippen molar-refractivity contribution in [3.8, 4) is 11.1 Å². The summed E-state index contributed by atoms with van der Waals surface area (Å²) in [5.41, 5.74) is 14.9. The minimum Gasteiger partial charge on any atom is -0.375 e. The zero-order valence-corrected chi connectivity index (χ0v) is 26.8. The van der Waals surface area contributed by atoms with Gasteiger partial charge in [-0.15, -0.1) is 11.3 Å². The van der Waals surface area contributed by atoms with Gasteiger partial charge in [0, 0.05) is 75.3 Å². The summed E-state index contributed by atoms with van der Waals surface area (Å²) in [7, 11) is 0. The molecule has 12 rings (SSSR count). The van der Waals surface area contributed by atoms with Crippen LogP contribution in [0.15, 0.2) is 127 Å². The number of para-hydroxylation sites is 3. The van der Waals surface area contributed by atoms with E-state index in [4.69, 9.17) is 0 Å². The van der Waals surface area contributed by atoms with Gasteiger partial charge in [-0.25, -0.2) is 0 Å². The van der Waals surface area contributed by atoms with E-state index in [1.54, 1.807) is 0 Å². The summed E-state index contributed by atoms with van der Waals surface area (Å²) in [6.45, 7) is 4.85. The van der Waals surface area contributed by atoms with E-state index in [9.17, 15) is 0 Å². The average molecular weight is 615 g/mol. The van der Waals surface area contributed by atoms with Gasteiger partial charge in [0.1, 0.15) is 0 Å². The maximum Gasteiger partial charge on any atom is 0.333 e. The molecule has 0 saturated carbocycles. The van der Waals surface area contributed by atoms with E-state index in [0.29, 0.717) is 0 Å². The first-order valence-corrected chi connectivity index (χ1v) is 17.4. The van der Waals surface area contributed by atoms with E-state index in [-0.39, 0.29) is 12.3 Å². The van der Waals surface area contributed by atoms with Gasteiger partial charge in [-0.05, 0) is 45.6 Å². The summed E-state index contributed by atoms with van der Waals surface area (Å²) >= 11 is 1.95. The molecule has 0 aliphatic carbocycles. The summed E-state index contributed by atoms with van der Waals surface area (Å²) in [5, 5.41) is 7.98. The molecule has 2 aromatic heterocycles.